The number of anilines is 1. The van der Waals surface area contributed by atoms with Gasteiger partial charge in [0.2, 0.25) is 0 Å². The standard InChI is InChI=1S/C33H36N4O5/c1-19-7-8-30(20(2)13-19)42-18-23(38)17-34-26-5-4-6-29(39)31(26)28-15-21-14-24-25(16-27(21)35-28)33(41)37(32(24)40)22-9-11-36(3)12-10-22/h4-5,7-8,13-14,16,22-23,35,38H,6,9-12,15,17-18H2,1-3H3/t23-/m1/s1. The summed E-state index contributed by atoms with van der Waals surface area (Å²) in [4.78, 5) is 48.0. The summed E-state index contributed by atoms with van der Waals surface area (Å²) in [5.41, 5.74) is 6.24. The number of carbonyl (C=O) groups excluding carboxylic acids is 3. The molecular weight excluding hydrogens is 532 g/mol. The summed E-state index contributed by atoms with van der Waals surface area (Å²) in [6.07, 6.45) is 4.96. The van der Waals surface area contributed by atoms with Crippen molar-refractivity contribution >= 4 is 29.0 Å². The number of amides is 2. The van der Waals surface area contributed by atoms with Gasteiger partial charge in [-0.05, 0) is 82.2 Å². The van der Waals surface area contributed by atoms with Gasteiger partial charge < -0.3 is 20.1 Å². The van der Waals surface area contributed by atoms with Crippen molar-refractivity contribution in [3.05, 3.63) is 81.6 Å². The zero-order valence-electron chi connectivity index (χ0n) is 24.3. The normalized spacial score (nSPS) is 22.5. The molecule has 6 rings (SSSR count). The number of aliphatic hydroxyl groups excluding tert-OH is 1. The molecule has 0 spiro atoms. The number of fused-ring (bicyclic) bond motifs is 2. The van der Waals surface area contributed by atoms with Crippen molar-refractivity contribution in [1.82, 2.24) is 9.80 Å². The molecule has 2 aromatic rings. The number of likely N-dealkylation sites (tertiary alicyclic amines) is 1. The van der Waals surface area contributed by atoms with Crippen molar-refractivity contribution in [2.75, 3.05) is 38.6 Å². The van der Waals surface area contributed by atoms with Gasteiger partial charge in [-0.15, -0.1) is 0 Å². The van der Waals surface area contributed by atoms with E-state index in [4.69, 9.17) is 4.74 Å². The fourth-order valence-corrected chi connectivity index (χ4v) is 6.21. The molecule has 0 bridgehead atoms. The Hall–Kier alpha value is -4.08. The highest BCUT2D eigenvalue weighted by atomic mass is 16.5. The van der Waals surface area contributed by atoms with Crippen LogP contribution in [-0.4, -0.2) is 83.7 Å². The molecule has 0 aromatic heterocycles. The number of hydrogen-bond acceptors (Lipinski definition) is 8. The molecule has 2 N–H and O–H groups in total. The number of Topliss-reactive ketones (excluding diaryl/α,β-unsaturated/α-hetero) is 1. The predicted octanol–water partition coefficient (Wildman–Crippen LogP) is 3.63. The number of allylic oxidation sites excluding steroid dienone is 4. The van der Waals surface area contributed by atoms with Crippen LogP contribution in [0.25, 0.3) is 0 Å². The van der Waals surface area contributed by atoms with Gasteiger partial charge in [0.05, 0.1) is 29.0 Å². The van der Waals surface area contributed by atoms with Crippen LogP contribution in [0.3, 0.4) is 0 Å². The minimum absolute atomic E-state index is 0.0688. The summed E-state index contributed by atoms with van der Waals surface area (Å²) < 4.78 is 5.80. The fourth-order valence-electron chi connectivity index (χ4n) is 6.21. The Bertz CT molecular complexity index is 1520. The molecule has 2 aromatic carbocycles. The summed E-state index contributed by atoms with van der Waals surface area (Å²) in [5, 5.41) is 13.9. The number of aryl methyl sites for hydroxylation is 2. The number of aliphatic imine (C=N–C) groups is 1. The Morgan fingerprint density at radius 2 is 1.81 bits per heavy atom. The van der Waals surface area contributed by atoms with Crippen molar-refractivity contribution in [3.63, 3.8) is 0 Å². The average Bonchev–Trinajstić information content (AvgIpc) is 3.48. The van der Waals surface area contributed by atoms with E-state index >= 15 is 0 Å². The van der Waals surface area contributed by atoms with E-state index in [0.717, 1.165) is 48.3 Å². The smallest absolute Gasteiger partial charge is 0.261 e. The third-order valence-corrected chi connectivity index (χ3v) is 8.50. The number of rotatable bonds is 6. The zero-order chi connectivity index (χ0) is 29.5. The molecule has 1 aliphatic carbocycles. The summed E-state index contributed by atoms with van der Waals surface area (Å²) in [6.45, 7) is 5.85. The number of aliphatic hydroxyl groups is 1. The molecule has 4 aliphatic rings. The van der Waals surface area contributed by atoms with Gasteiger partial charge in [0.25, 0.3) is 11.8 Å². The van der Waals surface area contributed by atoms with E-state index in [1.54, 1.807) is 24.3 Å². The molecule has 9 nitrogen and oxygen atoms in total. The molecule has 0 radical (unpaired) electrons. The van der Waals surface area contributed by atoms with Gasteiger partial charge in [-0.3, -0.25) is 24.3 Å². The second-order valence-electron chi connectivity index (χ2n) is 11.7. The lowest BCUT2D eigenvalue weighted by atomic mass is 9.94. The minimum Gasteiger partial charge on any atom is -0.491 e. The quantitative estimate of drug-likeness (QED) is 0.404. The number of imide groups is 1. The zero-order valence-corrected chi connectivity index (χ0v) is 24.3. The Morgan fingerprint density at radius 3 is 2.55 bits per heavy atom. The first-order valence-electron chi connectivity index (χ1n) is 14.6. The number of ether oxygens (including phenoxy) is 1. The summed E-state index contributed by atoms with van der Waals surface area (Å²) >= 11 is 0. The van der Waals surface area contributed by atoms with Crippen molar-refractivity contribution < 1.29 is 24.2 Å². The summed E-state index contributed by atoms with van der Waals surface area (Å²) in [6, 6.07) is 9.35. The predicted molar refractivity (Wildman–Crippen MR) is 160 cm³/mol. The largest absolute Gasteiger partial charge is 0.491 e. The van der Waals surface area contributed by atoms with Crippen molar-refractivity contribution in [1.29, 1.82) is 0 Å². The second-order valence-corrected chi connectivity index (χ2v) is 11.7. The molecule has 1 saturated heterocycles. The highest BCUT2D eigenvalue weighted by Crippen LogP contribution is 2.38. The topological polar surface area (TPSA) is 112 Å². The number of ketones is 1. The Kier molecular flexibility index (Phi) is 7.55. The van der Waals surface area contributed by atoms with Gasteiger partial charge in [-0.2, -0.15) is 0 Å². The molecule has 9 heteroatoms. The van der Waals surface area contributed by atoms with Gasteiger partial charge in [0.1, 0.15) is 18.5 Å². The summed E-state index contributed by atoms with van der Waals surface area (Å²) in [5.74, 6) is 0.172. The summed E-state index contributed by atoms with van der Waals surface area (Å²) in [7, 11) is 2.05. The number of carbonyl (C=O) groups is 3. The van der Waals surface area contributed by atoms with Crippen molar-refractivity contribution in [2.45, 2.75) is 51.7 Å². The lowest BCUT2D eigenvalue weighted by Crippen LogP contribution is -2.46. The van der Waals surface area contributed by atoms with Crippen LogP contribution in [-0.2, 0) is 11.2 Å². The molecular formula is C33H36N4O5. The van der Waals surface area contributed by atoms with E-state index in [2.05, 4.69) is 15.2 Å². The maximum absolute atomic E-state index is 13.3. The number of nitrogens with zero attached hydrogens (tertiary/aromatic N) is 3. The monoisotopic (exact) mass is 568 g/mol. The van der Waals surface area contributed by atoms with E-state index in [1.165, 1.54) is 4.90 Å². The van der Waals surface area contributed by atoms with Gasteiger partial charge in [0.15, 0.2) is 5.78 Å². The molecule has 1 atom stereocenters. The molecule has 1 fully saturated rings. The first kappa shape index (κ1) is 28.1. The minimum atomic E-state index is -0.851. The van der Waals surface area contributed by atoms with Crippen LogP contribution in [0.5, 0.6) is 5.75 Å². The number of benzene rings is 2. The third-order valence-electron chi connectivity index (χ3n) is 8.50. The molecule has 2 amide bonds. The van der Waals surface area contributed by atoms with Crippen molar-refractivity contribution in [3.8, 4) is 5.75 Å². The highest BCUT2D eigenvalue weighted by molar-refractivity contribution is 6.29. The van der Waals surface area contributed by atoms with E-state index in [1.807, 2.05) is 39.1 Å². The van der Waals surface area contributed by atoms with Crippen LogP contribution >= 0.6 is 0 Å². The highest BCUT2D eigenvalue weighted by Gasteiger charge is 2.42. The molecule has 0 saturated carbocycles. The van der Waals surface area contributed by atoms with Crippen LogP contribution in [0.15, 0.2) is 58.7 Å². The van der Waals surface area contributed by atoms with Crippen LogP contribution in [0.4, 0.5) is 5.69 Å². The van der Waals surface area contributed by atoms with Gasteiger partial charge in [-0.25, -0.2) is 0 Å². The van der Waals surface area contributed by atoms with Crippen molar-refractivity contribution in [2.24, 2.45) is 4.99 Å². The molecule has 0 unspecified atom stereocenters. The lowest BCUT2D eigenvalue weighted by molar-refractivity contribution is -0.114. The molecule has 218 valence electrons. The van der Waals surface area contributed by atoms with E-state index in [9.17, 15) is 19.5 Å². The Labute approximate surface area is 245 Å². The average molecular weight is 569 g/mol. The van der Waals surface area contributed by atoms with Crippen LogP contribution in [0, 0.1) is 13.8 Å². The van der Waals surface area contributed by atoms with E-state index < -0.39 is 6.10 Å². The maximum Gasteiger partial charge on any atom is 0.261 e. The Morgan fingerprint density at radius 1 is 1.07 bits per heavy atom. The van der Waals surface area contributed by atoms with Gasteiger partial charge in [0, 0.05) is 30.3 Å². The SMILES string of the molecule is Cc1ccc(OC[C@H](O)CN=C2C=CCC(=O)C2=C2Cc3cc4c(cc3N2)C(=O)N(C2CCN(C)CC2)C4=O)c(C)c1. The first-order valence-corrected chi connectivity index (χ1v) is 14.6. The first-order chi connectivity index (χ1) is 20.2. The van der Waals surface area contributed by atoms with Gasteiger partial charge >= 0.3 is 0 Å². The van der Waals surface area contributed by atoms with Gasteiger partial charge in [-0.1, -0.05) is 23.8 Å². The number of hydrogen-bond donors (Lipinski definition) is 2. The van der Waals surface area contributed by atoms with Crippen LogP contribution in [0.2, 0.25) is 0 Å². The second kappa shape index (κ2) is 11.3. The van der Waals surface area contributed by atoms with Crippen LogP contribution in [0.1, 0.15) is 56.7 Å². The lowest BCUT2D eigenvalue weighted by Gasteiger charge is -2.33. The molecule has 42 heavy (non-hydrogen) atoms. The molecule has 3 aliphatic heterocycles. The van der Waals surface area contributed by atoms with Crippen LogP contribution < -0.4 is 10.1 Å². The Balaban J connectivity index is 1.18. The molecule has 3 heterocycles. The number of nitrogens with one attached hydrogen (secondary N) is 1. The van der Waals surface area contributed by atoms with E-state index in [-0.39, 0.29) is 43.2 Å². The fraction of sp³-hybridized carbons (Fsp3) is 0.394. The third kappa shape index (κ3) is 5.30. The maximum atomic E-state index is 13.3. The number of piperidine rings is 1. The van der Waals surface area contributed by atoms with E-state index in [0.29, 0.717) is 40.3 Å².